The lowest BCUT2D eigenvalue weighted by Crippen LogP contribution is -2.55. The van der Waals surface area contributed by atoms with Gasteiger partial charge in [0.05, 0.1) is 10.6 Å². The van der Waals surface area contributed by atoms with Crippen molar-refractivity contribution in [3.05, 3.63) is 24.0 Å². The standard InChI is InChI=1S/C22H28F3N5O3S/c1-21(2,22(23,24)25)33-20(32)30-7-4-14(5-8-30)28-9-11-29(12-10-28)19(31)17-15-13-27-6-3-16(15)34-18(17)26/h3,6,13-14H,4-5,7-12,26H2,1-2H3. The number of pyridine rings is 1. The van der Waals surface area contributed by atoms with Gasteiger partial charge in [0.2, 0.25) is 5.60 Å². The third kappa shape index (κ3) is 4.78. The van der Waals surface area contributed by atoms with E-state index in [2.05, 4.69) is 9.88 Å². The van der Waals surface area contributed by atoms with Gasteiger partial charge in [-0.3, -0.25) is 14.7 Å². The summed E-state index contributed by atoms with van der Waals surface area (Å²) in [5.41, 5.74) is 4.11. The summed E-state index contributed by atoms with van der Waals surface area (Å²) in [6.07, 6.45) is -0.944. The molecule has 186 valence electrons. The lowest BCUT2D eigenvalue weighted by molar-refractivity contribution is -0.246. The van der Waals surface area contributed by atoms with E-state index in [-0.39, 0.29) is 11.9 Å². The molecule has 2 amide bonds. The number of thiophene rings is 1. The van der Waals surface area contributed by atoms with Gasteiger partial charge < -0.3 is 20.3 Å². The molecule has 2 aliphatic heterocycles. The Morgan fingerprint density at radius 2 is 1.74 bits per heavy atom. The molecular formula is C22H28F3N5O3S. The van der Waals surface area contributed by atoms with Crippen molar-refractivity contribution in [1.82, 2.24) is 19.7 Å². The van der Waals surface area contributed by atoms with Crippen LogP contribution in [-0.2, 0) is 4.74 Å². The van der Waals surface area contributed by atoms with Crippen LogP contribution < -0.4 is 5.73 Å². The molecule has 0 spiro atoms. The minimum atomic E-state index is -4.63. The summed E-state index contributed by atoms with van der Waals surface area (Å²) in [4.78, 5) is 34.9. The number of aromatic nitrogens is 1. The maximum absolute atomic E-state index is 13.1. The van der Waals surface area contributed by atoms with Gasteiger partial charge in [0, 0.05) is 67.8 Å². The molecule has 0 bridgehead atoms. The molecule has 2 aromatic rings. The van der Waals surface area contributed by atoms with Crippen molar-refractivity contribution in [2.45, 2.75) is 44.5 Å². The number of ether oxygens (including phenoxy) is 1. The Hall–Kier alpha value is -2.60. The normalized spacial score (nSPS) is 19.0. The zero-order valence-corrected chi connectivity index (χ0v) is 19.9. The van der Waals surface area contributed by atoms with E-state index in [1.807, 2.05) is 6.07 Å². The summed E-state index contributed by atoms with van der Waals surface area (Å²) in [7, 11) is 0. The van der Waals surface area contributed by atoms with Crippen LogP contribution in [0.4, 0.5) is 23.0 Å². The van der Waals surface area contributed by atoms with Crippen LogP contribution in [0.2, 0.25) is 0 Å². The SMILES string of the molecule is CC(C)(OC(=O)N1CCC(N2CCN(C(=O)c3c(N)sc4ccncc34)CC2)CC1)C(F)(F)F. The highest BCUT2D eigenvalue weighted by Gasteiger charge is 2.51. The van der Waals surface area contributed by atoms with Crippen LogP contribution in [0.25, 0.3) is 10.1 Å². The van der Waals surface area contributed by atoms with Crippen molar-refractivity contribution in [3.63, 3.8) is 0 Å². The first-order chi connectivity index (χ1) is 16.0. The van der Waals surface area contributed by atoms with Crippen LogP contribution in [0.15, 0.2) is 18.5 Å². The number of nitrogen functional groups attached to an aromatic ring is 1. The van der Waals surface area contributed by atoms with E-state index in [0.29, 0.717) is 62.7 Å². The van der Waals surface area contributed by atoms with E-state index < -0.39 is 17.9 Å². The molecule has 2 aromatic heterocycles. The number of piperazine rings is 1. The molecule has 0 radical (unpaired) electrons. The number of alkyl halides is 3. The summed E-state index contributed by atoms with van der Waals surface area (Å²) in [5, 5.41) is 1.26. The molecule has 2 fully saturated rings. The number of piperidine rings is 1. The Labute approximate surface area is 199 Å². The summed E-state index contributed by atoms with van der Waals surface area (Å²) < 4.78 is 44.7. The zero-order chi connectivity index (χ0) is 24.7. The largest absolute Gasteiger partial charge is 0.434 e. The van der Waals surface area contributed by atoms with E-state index in [1.165, 1.54) is 16.2 Å². The van der Waals surface area contributed by atoms with Crippen molar-refractivity contribution in [3.8, 4) is 0 Å². The molecule has 0 atom stereocenters. The fraction of sp³-hybridized carbons (Fsp3) is 0.591. The minimum absolute atomic E-state index is 0.0961. The topological polar surface area (TPSA) is 92.0 Å². The summed E-state index contributed by atoms with van der Waals surface area (Å²) >= 11 is 1.38. The highest BCUT2D eigenvalue weighted by Crippen LogP contribution is 2.35. The van der Waals surface area contributed by atoms with Gasteiger partial charge in [0.15, 0.2) is 0 Å². The van der Waals surface area contributed by atoms with Gasteiger partial charge in [0.25, 0.3) is 5.91 Å². The van der Waals surface area contributed by atoms with Crippen molar-refractivity contribution in [2.75, 3.05) is 45.0 Å². The smallest absolute Gasteiger partial charge is 0.427 e. The van der Waals surface area contributed by atoms with Crippen molar-refractivity contribution in [2.24, 2.45) is 0 Å². The van der Waals surface area contributed by atoms with Gasteiger partial charge in [-0.05, 0) is 32.8 Å². The summed E-state index contributed by atoms with van der Waals surface area (Å²) in [5.74, 6) is -0.0961. The molecule has 4 heterocycles. The fourth-order valence-electron chi connectivity index (χ4n) is 4.38. The van der Waals surface area contributed by atoms with Crippen LogP contribution in [0, 0.1) is 0 Å². The van der Waals surface area contributed by atoms with Gasteiger partial charge in [-0.1, -0.05) is 0 Å². The number of hydrogen-bond donors (Lipinski definition) is 1. The molecule has 0 aromatic carbocycles. The Morgan fingerprint density at radius 3 is 2.35 bits per heavy atom. The Morgan fingerprint density at radius 1 is 1.09 bits per heavy atom. The van der Waals surface area contributed by atoms with Crippen LogP contribution in [0.1, 0.15) is 37.0 Å². The molecule has 8 nitrogen and oxygen atoms in total. The van der Waals surface area contributed by atoms with E-state index in [1.54, 1.807) is 17.3 Å². The van der Waals surface area contributed by atoms with Crippen molar-refractivity contribution in [1.29, 1.82) is 0 Å². The molecule has 12 heteroatoms. The number of hydrogen-bond acceptors (Lipinski definition) is 7. The minimum Gasteiger partial charge on any atom is -0.434 e. The Kier molecular flexibility index (Phi) is 6.65. The van der Waals surface area contributed by atoms with E-state index in [9.17, 15) is 22.8 Å². The second-order valence-corrected chi connectivity index (χ2v) is 10.2. The third-order valence-electron chi connectivity index (χ3n) is 6.60. The highest BCUT2D eigenvalue weighted by atomic mass is 32.1. The van der Waals surface area contributed by atoms with Crippen molar-refractivity contribution < 1.29 is 27.5 Å². The monoisotopic (exact) mass is 499 g/mol. The number of nitrogens with two attached hydrogens (primary N) is 1. The number of carbonyl (C=O) groups excluding carboxylic acids is 2. The van der Waals surface area contributed by atoms with E-state index in [0.717, 1.165) is 23.9 Å². The van der Waals surface area contributed by atoms with Crippen molar-refractivity contribution >= 4 is 38.4 Å². The predicted molar refractivity (Wildman–Crippen MR) is 123 cm³/mol. The van der Waals surface area contributed by atoms with E-state index in [4.69, 9.17) is 10.5 Å². The lowest BCUT2D eigenvalue weighted by atomic mass is 10.0. The molecule has 0 saturated carbocycles. The predicted octanol–water partition coefficient (Wildman–Crippen LogP) is 3.58. The van der Waals surface area contributed by atoms with Gasteiger partial charge in [0.1, 0.15) is 0 Å². The Bertz CT molecular complexity index is 1060. The van der Waals surface area contributed by atoms with E-state index >= 15 is 0 Å². The van der Waals surface area contributed by atoms with Crippen LogP contribution in [0.5, 0.6) is 0 Å². The van der Waals surface area contributed by atoms with Crippen LogP contribution >= 0.6 is 11.3 Å². The number of halogens is 3. The van der Waals surface area contributed by atoms with Gasteiger partial charge >= 0.3 is 12.3 Å². The van der Waals surface area contributed by atoms with Gasteiger partial charge in [-0.2, -0.15) is 13.2 Å². The molecular weight excluding hydrogens is 471 g/mol. The number of likely N-dealkylation sites (tertiary alicyclic amines) is 1. The maximum atomic E-state index is 13.1. The number of amides is 2. The van der Waals surface area contributed by atoms with Gasteiger partial charge in [-0.25, -0.2) is 4.79 Å². The first kappa shape index (κ1) is 24.5. The first-order valence-corrected chi connectivity index (χ1v) is 12.0. The average molecular weight is 500 g/mol. The lowest BCUT2D eigenvalue weighted by Gasteiger charge is -2.43. The molecule has 4 rings (SSSR count). The maximum Gasteiger partial charge on any atom is 0.427 e. The zero-order valence-electron chi connectivity index (χ0n) is 19.1. The average Bonchev–Trinajstić information content (AvgIpc) is 3.13. The first-order valence-electron chi connectivity index (χ1n) is 11.2. The number of anilines is 1. The molecule has 0 unspecified atom stereocenters. The number of rotatable bonds is 3. The fourth-order valence-corrected chi connectivity index (χ4v) is 5.31. The van der Waals surface area contributed by atoms with Gasteiger partial charge in [-0.15, -0.1) is 11.3 Å². The second-order valence-electron chi connectivity index (χ2n) is 9.14. The van der Waals surface area contributed by atoms with Crippen LogP contribution in [-0.4, -0.2) is 88.8 Å². The number of carbonyl (C=O) groups is 2. The Balaban J connectivity index is 1.29. The number of nitrogens with zero attached hydrogens (tertiary/aromatic N) is 4. The van der Waals surface area contributed by atoms with Crippen LogP contribution in [0.3, 0.4) is 0 Å². The third-order valence-corrected chi connectivity index (χ3v) is 7.60. The molecule has 34 heavy (non-hydrogen) atoms. The molecule has 2 aliphatic rings. The number of fused-ring (bicyclic) bond motifs is 1. The molecule has 2 saturated heterocycles. The summed E-state index contributed by atoms with van der Waals surface area (Å²) in [6, 6.07) is 2.05. The quantitative estimate of drug-likeness (QED) is 0.694. The molecule has 2 N–H and O–H groups in total. The second kappa shape index (κ2) is 9.21. The molecule has 0 aliphatic carbocycles. The highest BCUT2D eigenvalue weighted by molar-refractivity contribution is 7.23. The summed E-state index contributed by atoms with van der Waals surface area (Å²) in [6.45, 7) is 4.84.